The molecule has 4 rings (SSSR count). The maximum absolute atomic E-state index is 4.61. The van der Waals surface area contributed by atoms with Crippen LogP contribution in [-0.4, -0.2) is 32.5 Å². The van der Waals surface area contributed by atoms with Crippen LogP contribution < -0.4 is 0 Å². The minimum Gasteiger partial charge on any atom is -0.350 e. The zero-order valence-corrected chi connectivity index (χ0v) is 13.7. The van der Waals surface area contributed by atoms with Crippen LogP contribution in [0.15, 0.2) is 42.7 Å². The van der Waals surface area contributed by atoms with Crippen molar-refractivity contribution in [3.8, 4) is 0 Å². The molecule has 23 heavy (non-hydrogen) atoms. The predicted octanol–water partition coefficient (Wildman–Crippen LogP) is 3.27. The summed E-state index contributed by atoms with van der Waals surface area (Å²) in [6.45, 7) is 5.20. The van der Waals surface area contributed by atoms with Gasteiger partial charge in [-0.2, -0.15) is 0 Å². The Bertz CT molecular complexity index is 836. The van der Waals surface area contributed by atoms with Crippen molar-refractivity contribution in [1.29, 1.82) is 0 Å². The Kier molecular flexibility index (Phi) is 3.62. The maximum atomic E-state index is 4.61. The van der Waals surface area contributed by atoms with E-state index < -0.39 is 0 Å². The van der Waals surface area contributed by atoms with E-state index in [1.807, 2.05) is 19.2 Å². The molecule has 0 bridgehead atoms. The molecule has 1 atom stereocenters. The molecule has 118 valence electrons. The summed E-state index contributed by atoms with van der Waals surface area (Å²) in [5, 5.41) is 1.37. The number of rotatable bonds is 3. The molecule has 0 spiro atoms. The largest absolute Gasteiger partial charge is 0.350 e. The molecular weight excluding hydrogens is 284 g/mol. The third-order valence-corrected chi connectivity index (χ3v) is 4.82. The number of hydrogen-bond donors (Lipinski definition) is 0. The van der Waals surface area contributed by atoms with Gasteiger partial charge in [-0.05, 0) is 37.6 Å². The van der Waals surface area contributed by atoms with Crippen molar-refractivity contribution in [2.75, 3.05) is 13.1 Å². The Hall–Kier alpha value is -2.20. The number of aryl methyl sites for hydroxylation is 2. The first-order valence-corrected chi connectivity index (χ1v) is 8.25. The summed E-state index contributed by atoms with van der Waals surface area (Å²) in [7, 11) is 2.12. The highest BCUT2D eigenvalue weighted by Gasteiger charge is 2.26. The summed E-state index contributed by atoms with van der Waals surface area (Å²) >= 11 is 0. The van der Waals surface area contributed by atoms with Gasteiger partial charge in [-0.1, -0.05) is 18.2 Å². The third-order valence-electron chi connectivity index (χ3n) is 4.82. The molecule has 4 heteroatoms. The van der Waals surface area contributed by atoms with Crippen LogP contribution in [0, 0.1) is 6.92 Å². The summed E-state index contributed by atoms with van der Waals surface area (Å²) in [6, 6.07) is 10.6. The van der Waals surface area contributed by atoms with Crippen LogP contribution in [0.4, 0.5) is 0 Å². The molecule has 1 aliphatic rings. The Morgan fingerprint density at radius 1 is 1.22 bits per heavy atom. The molecule has 1 aliphatic heterocycles. The second-order valence-electron chi connectivity index (χ2n) is 6.56. The first-order chi connectivity index (χ1) is 11.2. The Balaban J connectivity index is 1.52. The van der Waals surface area contributed by atoms with E-state index in [1.165, 1.54) is 16.5 Å². The van der Waals surface area contributed by atoms with Crippen LogP contribution in [0.1, 0.15) is 29.4 Å². The Morgan fingerprint density at radius 3 is 2.96 bits per heavy atom. The molecule has 3 heterocycles. The van der Waals surface area contributed by atoms with Crippen LogP contribution in [-0.2, 0) is 13.6 Å². The number of para-hydroxylation sites is 1. The van der Waals surface area contributed by atoms with Gasteiger partial charge >= 0.3 is 0 Å². The zero-order valence-electron chi connectivity index (χ0n) is 13.7. The summed E-state index contributed by atoms with van der Waals surface area (Å²) in [5.41, 5.74) is 3.77. The van der Waals surface area contributed by atoms with Gasteiger partial charge in [0.1, 0.15) is 5.82 Å². The summed E-state index contributed by atoms with van der Waals surface area (Å²) in [6.07, 6.45) is 5.29. The van der Waals surface area contributed by atoms with Crippen LogP contribution in [0.2, 0.25) is 0 Å². The lowest BCUT2D eigenvalue weighted by molar-refractivity contribution is 0.326. The molecule has 3 aromatic rings. The van der Waals surface area contributed by atoms with Gasteiger partial charge in [0.25, 0.3) is 0 Å². The van der Waals surface area contributed by atoms with Crippen molar-refractivity contribution in [3.05, 3.63) is 59.8 Å². The summed E-state index contributed by atoms with van der Waals surface area (Å²) < 4.78 is 2.22. The van der Waals surface area contributed by atoms with Crippen LogP contribution in [0.5, 0.6) is 0 Å². The number of aromatic nitrogens is 3. The highest BCUT2D eigenvalue weighted by Crippen LogP contribution is 2.28. The highest BCUT2D eigenvalue weighted by atomic mass is 15.2. The van der Waals surface area contributed by atoms with Crippen LogP contribution in [0.3, 0.4) is 0 Å². The molecular formula is C19H22N4. The molecule has 1 aromatic carbocycles. The van der Waals surface area contributed by atoms with Gasteiger partial charge < -0.3 is 4.57 Å². The zero-order chi connectivity index (χ0) is 15.8. The fourth-order valence-electron chi connectivity index (χ4n) is 3.64. The molecule has 1 unspecified atom stereocenters. The molecule has 0 amide bonds. The minimum absolute atomic E-state index is 0.463. The van der Waals surface area contributed by atoms with Crippen molar-refractivity contribution in [3.63, 3.8) is 0 Å². The second kappa shape index (κ2) is 5.78. The van der Waals surface area contributed by atoms with Crippen molar-refractivity contribution in [2.24, 2.45) is 7.05 Å². The van der Waals surface area contributed by atoms with E-state index in [0.29, 0.717) is 5.92 Å². The molecule has 0 radical (unpaired) electrons. The van der Waals surface area contributed by atoms with Crippen LogP contribution in [0.25, 0.3) is 10.9 Å². The average Bonchev–Trinajstić information content (AvgIpc) is 3.14. The number of benzene rings is 1. The van der Waals surface area contributed by atoms with Gasteiger partial charge in [0.05, 0.1) is 0 Å². The number of fused-ring (bicyclic) bond motifs is 1. The average molecular weight is 306 g/mol. The molecule has 2 aromatic heterocycles. The minimum atomic E-state index is 0.463. The fourth-order valence-corrected chi connectivity index (χ4v) is 3.64. The highest BCUT2D eigenvalue weighted by molar-refractivity contribution is 5.83. The standard InChI is InChI=1S/C19H22N4/c1-14-7-9-20-19(21-14)15-8-10-23(12-15)13-16-11-22(2)18-6-4-3-5-17(16)18/h3-7,9,11,15H,8,10,12-13H2,1-2H3. The van der Waals surface area contributed by atoms with Gasteiger partial charge in [0.2, 0.25) is 0 Å². The van der Waals surface area contributed by atoms with E-state index in [1.54, 1.807) is 0 Å². The van der Waals surface area contributed by atoms with Gasteiger partial charge in [-0.25, -0.2) is 9.97 Å². The van der Waals surface area contributed by atoms with E-state index in [-0.39, 0.29) is 0 Å². The molecule has 0 N–H and O–H groups in total. The first kappa shape index (κ1) is 14.4. The smallest absolute Gasteiger partial charge is 0.132 e. The monoisotopic (exact) mass is 306 g/mol. The Labute approximate surface area is 136 Å². The van der Waals surface area contributed by atoms with E-state index in [4.69, 9.17) is 0 Å². The third kappa shape index (κ3) is 2.75. The lowest BCUT2D eigenvalue weighted by Gasteiger charge is -2.15. The SMILES string of the molecule is Cc1ccnc(C2CCN(Cc3cn(C)c4ccccc34)C2)n1. The molecule has 1 fully saturated rings. The van der Waals surface area contributed by atoms with Gasteiger partial charge in [0, 0.05) is 55.0 Å². The van der Waals surface area contributed by atoms with Crippen molar-refractivity contribution in [1.82, 2.24) is 19.4 Å². The van der Waals surface area contributed by atoms with Gasteiger partial charge in [0.15, 0.2) is 0 Å². The van der Waals surface area contributed by atoms with E-state index in [0.717, 1.165) is 37.6 Å². The summed E-state index contributed by atoms with van der Waals surface area (Å²) in [4.78, 5) is 11.6. The van der Waals surface area contributed by atoms with Crippen molar-refractivity contribution in [2.45, 2.75) is 25.8 Å². The van der Waals surface area contributed by atoms with Crippen molar-refractivity contribution >= 4 is 10.9 Å². The number of hydrogen-bond acceptors (Lipinski definition) is 3. The lowest BCUT2D eigenvalue weighted by Crippen LogP contribution is -2.20. The maximum Gasteiger partial charge on any atom is 0.132 e. The molecule has 0 aliphatic carbocycles. The Morgan fingerprint density at radius 2 is 2.09 bits per heavy atom. The fraction of sp³-hybridized carbons (Fsp3) is 0.368. The topological polar surface area (TPSA) is 34.0 Å². The second-order valence-corrected chi connectivity index (χ2v) is 6.56. The van der Waals surface area contributed by atoms with Gasteiger partial charge in [-0.15, -0.1) is 0 Å². The summed E-state index contributed by atoms with van der Waals surface area (Å²) in [5.74, 6) is 1.47. The quantitative estimate of drug-likeness (QED) is 0.745. The molecule has 4 nitrogen and oxygen atoms in total. The molecule has 0 saturated carbocycles. The molecule has 1 saturated heterocycles. The van der Waals surface area contributed by atoms with Crippen molar-refractivity contribution < 1.29 is 0 Å². The van der Waals surface area contributed by atoms with Crippen LogP contribution >= 0.6 is 0 Å². The first-order valence-electron chi connectivity index (χ1n) is 8.25. The number of nitrogens with zero attached hydrogens (tertiary/aromatic N) is 4. The lowest BCUT2D eigenvalue weighted by atomic mass is 10.1. The number of likely N-dealkylation sites (tertiary alicyclic amines) is 1. The van der Waals surface area contributed by atoms with E-state index in [9.17, 15) is 0 Å². The predicted molar refractivity (Wildman–Crippen MR) is 92.3 cm³/mol. The van der Waals surface area contributed by atoms with E-state index in [2.05, 4.69) is 56.9 Å². The normalized spacial score (nSPS) is 18.8. The van der Waals surface area contributed by atoms with E-state index >= 15 is 0 Å². The van der Waals surface area contributed by atoms with Gasteiger partial charge in [-0.3, -0.25) is 4.90 Å².